The number of hydrogen-bond acceptors (Lipinski definition) is 5. The molecule has 0 radical (unpaired) electrons. The second-order valence-corrected chi connectivity index (χ2v) is 8.03. The van der Waals surface area contributed by atoms with Crippen LogP contribution >= 0.6 is 11.3 Å². The maximum absolute atomic E-state index is 14.1. The normalized spacial score (nSPS) is 13.9. The Bertz CT molecular complexity index is 1120. The molecule has 0 bridgehead atoms. The SMILES string of the molecule is CN(C)c1ccc(NC2=C(c3cccs3)C(=O)N(Cc3ccccc3F)C2=O)cc1. The number of imide groups is 1. The van der Waals surface area contributed by atoms with Crippen LogP contribution in [0.5, 0.6) is 0 Å². The molecule has 0 aliphatic carbocycles. The Labute approximate surface area is 178 Å². The van der Waals surface area contributed by atoms with E-state index in [9.17, 15) is 14.0 Å². The predicted molar refractivity (Wildman–Crippen MR) is 118 cm³/mol. The number of halogens is 1. The molecule has 1 N–H and O–H groups in total. The average molecular weight is 421 g/mol. The van der Waals surface area contributed by atoms with Crippen LogP contribution in [0, 0.1) is 5.82 Å². The summed E-state index contributed by atoms with van der Waals surface area (Å²) in [6, 6.07) is 17.3. The number of benzene rings is 2. The molecule has 1 aromatic heterocycles. The minimum absolute atomic E-state index is 0.121. The fourth-order valence-corrected chi connectivity index (χ4v) is 4.04. The molecule has 2 aromatic carbocycles. The molecule has 4 rings (SSSR count). The first kappa shape index (κ1) is 19.8. The van der Waals surface area contributed by atoms with E-state index >= 15 is 0 Å². The Balaban J connectivity index is 1.68. The van der Waals surface area contributed by atoms with Gasteiger partial charge >= 0.3 is 0 Å². The van der Waals surface area contributed by atoms with Crippen LogP contribution in [-0.4, -0.2) is 30.8 Å². The first-order valence-electron chi connectivity index (χ1n) is 9.38. The second kappa shape index (κ2) is 8.12. The third kappa shape index (κ3) is 3.71. The Morgan fingerprint density at radius 1 is 0.967 bits per heavy atom. The molecule has 1 aliphatic rings. The van der Waals surface area contributed by atoms with Crippen LogP contribution in [0.3, 0.4) is 0 Å². The van der Waals surface area contributed by atoms with Gasteiger partial charge in [-0.2, -0.15) is 0 Å². The summed E-state index contributed by atoms with van der Waals surface area (Å²) in [7, 11) is 3.89. The van der Waals surface area contributed by atoms with Crippen molar-refractivity contribution in [3.05, 3.63) is 88.0 Å². The maximum atomic E-state index is 14.1. The number of thiophene rings is 1. The minimum atomic E-state index is -0.469. The van der Waals surface area contributed by atoms with Gasteiger partial charge in [-0.15, -0.1) is 11.3 Å². The van der Waals surface area contributed by atoms with Crippen molar-refractivity contribution >= 4 is 40.1 Å². The van der Waals surface area contributed by atoms with E-state index in [-0.39, 0.29) is 12.2 Å². The molecule has 152 valence electrons. The number of amides is 2. The fourth-order valence-electron chi connectivity index (χ4n) is 3.27. The van der Waals surface area contributed by atoms with E-state index < -0.39 is 17.6 Å². The van der Waals surface area contributed by atoms with Gasteiger partial charge in [-0.25, -0.2) is 4.39 Å². The van der Waals surface area contributed by atoms with Gasteiger partial charge in [0, 0.05) is 35.9 Å². The van der Waals surface area contributed by atoms with Gasteiger partial charge in [-0.05, 0) is 41.8 Å². The quantitative estimate of drug-likeness (QED) is 0.602. The van der Waals surface area contributed by atoms with E-state index in [2.05, 4.69) is 5.32 Å². The van der Waals surface area contributed by atoms with Crippen molar-refractivity contribution in [3.8, 4) is 0 Å². The fraction of sp³-hybridized carbons (Fsp3) is 0.130. The summed E-state index contributed by atoms with van der Waals surface area (Å²) in [5.41, 5.74) is 2.52. The zero-order valence-electron chi connectivity index (χ0n) is 16.6. The Morgan fingerprint density at radius 2 is 1.70 bits per heavy atom. The molecular weight excluding hydrogens is 401 g/mol. The number of rotatable bonds is 6. The number of anilines is 2. The summed E-state index contributed by atoms with van der Waals surface area (Å²) >= 11 is 1.38. The lowest BCUT2D eigenvalue weighted by atomic mass is 10.1. The zero-order chi connectivity index (χ0) is 21.3. The van der Waals surface area contributed by atoms with Crippen molar-refractivity contribution in [2.75, 3.05) is 24.3 Å². The third-order valence-electron chi connectivity index (χ3n) is 4.87. The highest BCUT2D eigenvalue weighted by molar-refractivity contribution is 7.11. The topological polar surface area (TPSA) is 52.7 Å². The maximum Gasteiger partial charge on any atom is 0.278 e. The van der Waals surface area contributed by atoms with Crippen LogP contribution in [0.4, 0.5) is 15.8 Å². The zero-order valence-corrected chi connectivity index (χ0v) is 17.4. The van der Waals surface area contributed by atoms with Crippen LogP contribution in [0.1, 0.15) is 10.4 Å². The Morgan fingerprint density at radius 3 is 2.33 bits per heavy atom. The van der Waals surface area contributed by atoms with Crippen molar-refractivity contribution in [1.29, 1.82) is 0 Å². The summed E-state index contributed by atoms with van der Waals surface area (Å²) in [5.74, 6) is -1.35. The molecule has 30 heavy (non-hydrogen) atoms. The second-order valence-electron chi connectivity index (χ2n) is 7.08. The molecule has 2 heterocycles. The van der Waals surface area contributed by atoms with Gasteiger partial charge in [0.1, 0.15) is 11.5 Å². The number of nitrogens with zero attached hydrogens (tertiary/aromatic N) is 2. The summed E-state index contributed by atoms with van der Waals surface area (Å²) in [4.78, 5) is 30.1. The summed E-state index contributed by atoms with van der Waals surface area (Å²) in [6.45, 7) is -0.121. The Kier molecular flexibility index (Phi) is 5.37. The standard InChI is InChI=1S/C23H20FN3O2S/c1-26(2)17-11-9-16(10-12-17)25-21-20(19-8-5-13-30-19)22(28)27(23(21)29)14-15-6-3-4-7-18(15)24/h3-13,25H,14H2,1-2H3. The van der Waals surface area contributed by atoms with Gasteiger partial charge in [0.05, 0.1) is 12.1 Å². The van der Waals surface area contributed by atoms with E-state index in [1.54, 1.807) is 24.3 Å². The number of carbonyl (C=O) groups is 2. The third-order valence-corrected chi connectivity index (χ3v) is 5.76. The van der Waals surface area contributed by atoms with Crippen molar-refractivity contribution in [2.24, 2.45) is 0 Å². The molecule has 7 heteroatoms. The smallest absolute Gasteiger partial charge is 0.278 e. The first-order chi connectivity index (χ1) is 14.5. The van der Waals surface area contributed by atoms with Crippen molar-refractivity contribution in [3.63, 3.8) is 0 Å². The molecule has 5 nitrogen and oxygen atoms in total. The highest BCUT2D eigenvalue weighted by Gasteiger charge is 2.39. The minimum Gasteiger partial charge on any atom is -0.378 e. The lowest BCUT2D eigenvalue weighted by Crippen LogP contribution is -2.32. The summed E-state index contributed by atoms with van der Waals surface area (Å²) in [6.07, 6.45) is 0. The van der Waals surface area contributed by atoms with Gasteiger partial charge in [0.2, 0.25) is 0 Å². The molecule has 0 fully saturated rings. The van der Waals surface area contributed by atoms with E-state index in [0.717, 1.165) is 10.6 Å². The summed E-state index contributed by atoms with van der Waals surface area (Å²) in [5, 5.41) is 4.97. The van der Waals surface area contributed by atoms with Gasteiger partial charge in [-0.1, -0.05) is 24.3 Å². The van der Waals surface area contributed by atoms with Crippen LogP contribution < -0.4 is 10.2 Å². The van der Waals surface area contributed by atoms with Crippen LogP contribution in [0.25, 0.3) is 5.57 Å². The molecule has 0 spiro atoms. The largest absolute Gasteiger partial charge is 0.378 e. The van der Waals surface area contributed by atoms with Crippen molar-refractivity contribution < 1.29 is 14.0 Å². The van der Waals surface area contributed by atoms with Crippen LogP contribution in [-0.2, 0) is 16.1 Å². The van der Waals surface area contributed by atoms with Gasteiger partial charge in [0.25, 0.3) is 11.8 Å². The average Bonchev–Trinajstić information content (AvgIpc) is 3.33. The monoisotopic (exact) mass is 421 g/mol. The lowest BCUT2D eigenvalue weighted by Gasteiger charge is -2.16. The van der Waals surface area contributed by atoms with E-state index in [1.807, 2.05) is 54.7 Å². The molecule has 0 unspecified atom stereocenters. The predicted octanol–water partition coefficient (Wildman–Crippen LogP) is 4.35. The van der Waals surface area contributed by atoms with Gasteiger partial charge < -0.3 is 10.2 Å². The number of nitrogens with one attached hydrogen (secondary N) is 1. The van der Waals surface area contributed by atoms with E-state index in [0.29, 0.717) is 21.7 Å². The lowest BCUT2D eigenvalue weighted by molar-refractivity contribution is -0.137. The molecule has 0 atom stereocenters. The highest BCUT2D eigenvalue weighted by Crippen LogP contribution is 2.34. The van der Waals surface area contributed by atoms with Crippen molar-refractivity contribution in [2.45, 2.75) is 6.54 Å². The van der Waals surface area contributed by atoms with Crippen molar-refractivity contribution in [1.82, 2.24) is 4.90 Å². The molecule has 1 aliphatic heterocycles. The first-order valence-corrected chi connectivity index (χ1v) is 10.3. The van der Waals surface area contributed by atoms with Gasteiger partial charge in [-0.3, -0.25) is 14.5 Å². The van der Waals surface area contributed by atoms with Crippen LogP contribution in [0.2, 0.25) is 0 Å². The number of carbonyl (C=O) groups excluding carboxylic acids is 2. The number of hydrogen-bond donors (Lipinski definition) is 1. The molecular formula is C23H20FN3O2S. The van der Waals surface area contributed by atoms with Gasteiger partial charge in [0.15, 0.2) is 0 Å². The Hall–Kier alpha value is -3.45. The highest BCUT2D eigenvalue weighted by atomic mass is 32.1. The molecule has 0 saturated heterocycles. The molecule has 3 aromatic rings. The van der Waals surface area contributed by atoms with E-state index in [1.165, 1.54) is 17.4 Å². The molecule has 0 saturated carbocycles. The van der Waals surface area contributed by atoms with Crippen LogP contribution in [0.15, 0.2) is 71.7 Å². The van der Waals surface area contributed by atoms with E-state index in [4.69, 9.17) is 0 Å². The molecule has 2 amide bonds. The summed E-state index contributed by atoms with van der Waals surface area (Å²) < 4.78 is 14.1.